The minimum absolute atomic E-state index is 0.0674. The number of carbonyl (C=O) groups is 1. The van der Waals surface area contributed by atoms with E-state index in [2.05, 4.69) is 21.4 Å². The van der Waals surface area contributed by atoms with Crippen LogP contribution < -0.4 is 10.2 Å². The average molecular weight is 296 g/mol. The molecular formula is C17H20N4O. The van der Waals surface area contributed by atoms with Crippen LogP contribution in [0.1, 0.15) is 35.7 Å². The fraction of sp³-hybridized carbons (Fsp3) is 0.353. The van der Waals surface area contributed by atoms with E-state index in [9.17, 15) is 4.79 Å². The number of benzene rings is 1. The number of hydrogen-bond acceptors (Lipinski definition) is 4. The molecule has 5 nitrogen and oxygen atoms in total. The van der Waals surface area contributed by atoms with Crippen molar-refractivity contribution in [1.82, 2.24) is 9.97 Å². The number of nitrogens with zero attached hydrogens (tertiary/aromatic N) is 3. The van der Waals surface area contributed by atoms with Gasteiger partial charge in [-0.3, -0.25) is 4.79 Å². The van der Waals surface area contributed by atoms with Crippen LogP contribution in [0.5, 0.6) is 0 Å². The standard InChI is InChI=1S/C17H20N4O/c1-11(2)18-16-10-14(19-12(3)20-16)17(22)21-9-8-13-6-4-5-7-15(13)21/h4-7,10-11H,8-9H2,1-3H3,(H,18,19,20). The fourth-order valence-electron chi connectivity index (χ4n) is 2.73. The van der Waals surface area contributed by atoms with Crippen molar-refractivity contribution in [1.29, 1.82) is 0 Å². The maximum absolute atomic E-state index is 12.8. The third-order valence-corrected chi connectivity index (χ3v) is 3.63. The van der Waals surface area contributed by atoms with Crippen molar-refractivity contribution in [3.63, 3.8) is 0 Å². The Hall–Kier alpha value is -2.43. The summed E-state index contributed by atoms with van der Waals surface area (Å²) in [5.41, 5.74) is 2.64. The number of para-hydroxylation sites is 1. The molecule has 0 saturated heterocycles. The van der Waals surface area contributed by atoms with Crippen LogP contribution in [-0.2, 0) is 6.42 Å². The smallest absolute Gasteiger partial charge is 0.277 e. The number of nitrogens with one attached hydrogen (secondary N) is 1. The Morgan fingerprint density at radius 1 is 1.27 bits per heavy atom. The maximum Gasteiger partial charge on any atom is 0.277 e. The predicted molar refractivity (Wildman–Crippen MR) is 87.4 cm³/mol. The van der Waals surface area contributed by atoms with Crippen LogP contribution in [0, 0.1) is 6.92 Å². The van der Waals surface area contributed by atoms with Crippen LogP contribution in [0.2, 0.25) is 0 Å². The maximum atomic E-state index is 12.8. The van der Waals surface area contributed by atoms with Crippen LogP contribution in [-0.4, -0.2) is 28.5 Å². The van der Waals surface area contributed by atoms with E-state index in [1.54, 1.807) is 17.9 Å². The molecule has 0 spiro atoms. The van der Waals surface area contributed by atoms with Gasteiger partial charge >= 0.3 is 0 Å². The lowest BCUT2D eigenvalue weighted by Crippen LogP contribution is -2.30. The second kappa shape index (κ2) is 5.75. The monoisotopic (exact) mass is 296 g/mol. The number of hydrogen-bond donors (Lipinski definition) is 1. The van der Waals surface area contributed by atoms with Gasteiger partial charge in [0.2, 0.25) is 0 Å². The molecule has 1 amide bonds. The lowest BCUT2D eigenvalue weighted by Gasteiger charge is -2.18. The third kappa shape index (κ3) is 2.79. The topological polar surface area (TPSA) is 58.1 Å². The van der Waals surface area contributed by atoms with Crippen LogP contribution in [0.3, 0.4) is 0 Å². The molecule has 3 rings (SSSR count). The molecule has 0 aliphatic carbocycles. The Labute approximate surface area is 130 Å². The number of aryl methyl sites for hydroxylation is 1. The molecular weight excluding hydrogens is 276 g/mol. The van der Waals surface area contributed by atoms with Gasteiger partial charge in [-0.25, -0.2) is 9.97 Å². The van der Waals surface area contributed by atoms with Crippen molar-refractivity contribution in [2.45, 2.75) is 33.2 Å². The SMILES string of the molecule is Cc1nc(NC(C)C)cc(C(=O)N2CCc3ccccc32)n1. The molecule has 1 aliphatic rings. The first-order valence-electron chi connectivity index (χ1n) is 7.56. The van der Waals surface area contributed by atoms with E-state index < -0.39 is 0 Å². The van der Waals surface area contributed by atoms with E-state index in [0.29, 0.717) is 23.9 Å². The van der Waals surface area contributed by atoms with E-state index in [4.69, 9.17) is 0 Å². The van der Waals surface area contributed by atoms with Gasteiger partial charge in [0.15, 0.2) is 0 Å². The number of anilines is 2. The summed E-state index contributed by atoms with van der Waals surface area (Å²) in [6.07, 6.45) is 0.892. The molecule has 1 aromatic heterocycles. The summed E-state index contributed by atoms with van der Waals surface area (Å²) in [5, 5.41) is 3.23. The first-order valence-corrected chi connectivity index (χ1v) is 7.56. The number of fused-ring (bicyclic) bond motifs is 1. The predicted octanol–water partition coefficient (Wildman–Crippen LogP) is 2.81. The first kappa shape index (κ1) is 14.5. The summed E-state index contributed by atoms with van der Waals surface area (Å²) in [6, 6.07) is 10.0. The fourth-order valence-corrected chi connectivity index (χ4v) is 2.73. The van der Waals surface area contributed by atoms with Crippen LogP contribution in [0.25, 0.3) is 0 Å². The summed E-state index contributed by atoms with van der Waals surface area (Å²) in [5.74, 6) is 1.22. The Morgan fingerprint density at radius 3 is 2.82 bits per heavy atom. The summed E-state index contributed by atoms with van der Waals surface area (Å²) in [4.78, 5) is 23.3. The normalized spacial score (nSPS) is 13.4. The van der Waals surface area contributed by atoms with E-state index in [-0.39, 0.29) is 11.9 Å². The van der Waals surface area contributed by atoms with Gasteiger partial charge in [0.25, 0.3) is 5.91 Å². The quantitative estimate of drug-likeness (QED) is 0.946. The van der Waals surface area contributed by atoms with Crippen LogP contribution in [0.4, 0.5) is 11.5 Å². The minimum atomic E-state index is -0.0674. The van der Waals surface area contributed by atoms with Crippen LogP contribution >= 0.6 is 0 Å². The molecule has 0 atom stereocenters. The Balaban J connectivity index is 1.91. The van der Waals surface area contributed by atoms with Crippen molar-refractivity contribution in [3.8, 4) is 0 Å². The number of aromatic nitrogens is 2. The van der Waals surface area contributed by atoms with Gasteiger partial charge in [-0.2, -0.15) is 0 Å². The largest absolute Gasteiger partial charge is 0.368 e. The van der Waals surface area contributed by atoms with Crippen molar-refractivity contribution >= 4 is 17.4 Å². The molecule has 1 N–H and O–H groups in total. The molecule has 2 aromatic rings. The second-order valence-corrected chi connectivity index (χ2v) is 5.82. The Bertz CT molecular complexity index is 712. The lowest BCUT2D eigenvalue weighted by atomic mass is 10.2. The highest BCUT2D eigenvalue weighted by Gasteiger charge is 2.26. The van der Waals surface area contributed by atoms with Gasteiger partial charge in [0.05, 0.1) is 0 Å². The van der Waals surface area contributed by atoms with E-state index >= 15 is 0 Å². The third-order valence-electron chi connectivity index (χ3n) is 3.63. The lowest BCUT2D eigenvalue weighted by molar-refractivity contribution is 0.0984. The van der Waals surface area contributed by atoms with Gasteiger partial charge in [-0.1, -0.05) is 18.2 Å². The summed E-state index contributed by atoms with van der Waals surface area (Å²) < 4.78 is 0. The van der Waals surface area contributed by atoms with Gasteiger partial charge < -0.3 is 10.2 Å². The molecule has 0 fully saturated rings. The summed E-state index contributed by atoms with van der Waals surface area (Å²) in [7, 11) is 0. The molecule has 1 aromatic carbocycles. The van der Waals surface area contributed by atoms with Crippen molar-refractivity contribution < 1.29 is 4.79 Å². The Morgan fingerprint density at radius 2 is 2.05 bits per heavy atom. The zero-order valence-electron chi connectivity index (χ0n) is 13.1. The Kier molecular flexibility index (Phi) is 3.79. The highest BCUT2D eigenvalue weighted by Crippen LogP contribution is 2.28. The number of carbonyl (C=O) groups excluding carboxylic acids is 1. The summed E-state index contributed by atoms with van der Waals surface area (Å²) >= 11 is 0. The van der Waals surface area contributed by atoms with Crippen molar-refractivity contribution in [2.24, 2.45) is 0 Å². The molecule has 114 valence electrons. The zero-order chi connectivity index (χ0) is 15.7. The molecule has 2 heterocycles. The highest BCUT2D eigenvalue weighted by atomic mass is 16.2. The van der Waals surface area contributed by atoms with Gasteiger partial charge in [-0.05, 0) is 38.8 Å². The van der Waals surface area contributed by atoms with Crippen LogP contribution in [0.15, 0.2) is 30.3 Å². The molecule has 5 heteroatoms. The van der Waals surface area contributed by atoms with Crippen molar-refractivity contribution in [3.05, 3.63) is 47.4 Å². The first-order chi connectivity index (χ1) is 10.5. The minimum Gasteiger partial charge on any atom is -0.368 e. The van der Waals surface area contributed by atoms with Gasteiger partial charge in [0, 0.05) is 24.3 Å². The molecule has 1 aliphatic heterocycles. The van der Waals surface area contributed by atoms with E-state index in [1.807, 2.05) is 32.0 Å². The molecule has 0 unspecified atom stereocenters. The average Bonchev–Trinajstić information content (AvgIpc) is 2.89. The van der Waals surface area contributed by atoms with E-state index in [1.165, 1.54) is 5.56 Å². The zero-order valence-corrected chi connectivity index (χ0v) is 13.1. The molecule has 22 heavy (non-hydrogen) atoms. The molecule has 0 saturated carbocycles. The van der Waals surface area contributed by atoms with Gasteiger partial charge in [-0.15, -0.1) is 0 Å². The highest BCUT2D eigenvalue weighted by molar-refractivity contribution is 6.06. The summed E-state index contributed by atoms with van der Waals surface area (Å²) in [6.45, 7) is 6.58. The molecule has 0 radical (unpaired) electrons. The second-order valence-electron chi connectivity index (χ2n) is 5.82. The number of rotatable bonds is 3. The van der Waals surface area contributed by atoms with E-state index in [0.717, 1.165) is 12.1 Å². The van der Waals surface area contributed by atoms with Crippen molar-refractivity contribution in [2.75, 3.05) is 16.8 Å². The van der Waals surface area contributed by atoms with Gasteiger partial charge in [0.1, 0.15) is 17.3 Å². The molecule has 0 bridgehead atoms. The number of amides is 1.